The molecule has 1 aliphatic rings. The Hall–Kier alpha value is -2.24. The molecule has 3 N–H and O–H groups in total. The van der Waals surface area contributed by atoms with Gasteiger partial charge in [-0.1, -0.05) is 0 Å². The highest BCUT2D eigenvalue weighted by molar-refractivity contribution is 5.89. The predicted molar refractivity (Wildman–Crippen MR) is 78.4 cm³/mol. The zero-order valence-corrected chi connectivity index (χ0v) is 11.9. The van der Waals surface area contributed by atoms with Gasteiger partial charge in [-0.3, -0.25) is 4.79 Å². The number of hydrogen-bond donors (Lipinski definition) is 2. The number of anilines is 1. The highest BCUT2D eigenvalue weighted by Crippen LogP contribution is 2.22. The third kappa shape index (κ3) is 4.11. The monoisotopic (exact) mass is 292 g/mol. The fraction of sp³-hybridized carbons (Fsp3) is 0.467. The summed E-state index contributed by atoms with van der Waals surface area (Å²) in [5, 5.41) is 8.85. The molecule has 1 aromatic rings. The number of nitrogens with two attached hydrogens (primary N) is 1. The van der Waals surface area contributed by atoms with E-state index in [1.807, 2.05) is 4.90 Å². The van der Waals surface area contributed by atoms with Crippen LogP contribution in [0.3, 0.4) is 0 Å². The Morgan fingerprint density at radius 1 is 1.24 bits per heavy atom. The number of benzene rings is 1. The molecular weight excluding hydrogens is 272 g/mol. The number of ether oxygens (including phenoxy) is 1. The van der Waals surface area contributed by atoms with Crippen molar-refractivity contribution in [2.75, 3.05) is 25.4 Å². The third-order valence-corrected chi connectivity index (χ3v) is 3.54. The number of aromatic carboxylic acids is 1. The van der Waals surface area contributed by atoms with Crippen LogP contribution in [0.15, 0.2) is 18.2 Å². The molecule has 0 bridgehead atoms. The van der Waals surface area contributed by atoms with E-state index in [4.69, 9.17) is 15.6 Å². The minimum absolute atomic E-state index is 0.0930. The Labute approximate surface area is 123 Å². The molecule has 2 rings (SSSR count). The highest BCUT2D eigenvalue weighted by Gasteiger charge is 2.16. The fourth-order valence-corrected chi connectivity index (χ4v) is 2.36. The van der Waals surface area contributed by atoms with Gasteiger partial charge in [-0.05, 0) is 37.5 Å². The molecular formula is C15H20N2O4. The van der Waals surface area contributed by atoms with Crippen molar-refractivity contribution in [3.63, 3.8) is 0 Å². The van der Waals surface area contributed by atoms with E-state index in [0.717, 1.165) is 25.9 Å². The Kier molecular flexibility index (Phi) is 5.03. The summed E-state index contributed by atoms with van der Waals surface area (Å²) in [5.41, 5.74) is 6.11. The van der Waals surface area contributed by atoms with Crippen molar-refractivity contribution in [2.24, 2.45) is 0 Å². The van der Waals surface area contributed by atoms with Crippen LogP contribution in [0.5, 0.6) is 5.75 Å². The SMILES string of the molecule is Nc1cc(C(=O)O)ccc1OCCC(=O)N1CCCCC1. The molecule has 1 fully saturated rings. The normalized spacial score (nSPS) is 14.8. The first-order valence-electron chi connectivity index (χ1n) is 7.11. The van der Waals surface area contributed by atoms with Crippen molar-refractivity contribution in [1.29, 1.82) is 0 Å². The number of carbonyl (C=O) groups is 2. The van der Waals surface area contributed by atoms with Gasteiger partial charge in [-0.15, -0.1) is 0 Å². The molecule has 1 amide bonds. The average molecular weight is 292 g/mol. The predicted octanol–water partition coefficient (Wildman–Crippen LogP) is 1.75. The molecule has 0 aliphatic carbocycles. The first-order valence-corrected chi connectivity index (χ1v) is 7.11. The van der Waals surface area contributed by atoms with E-state index in [-0.39, 0.29) is 23.8 Å². The average Bonchev–Trinajstić information content (AvgIpc) is 2.49. The summed E-state index contributed by atoms with van der Waals surface area (Å²) in [6, 6.07) is 4.30. The lowest BCUT2D eigenvalue weighted by Gasteiger charge is -2.26. The smallest absolute Gasteiger partial charge is 0.335 e. The van der Waals surface area contributed by atoms with Crippen LogP contribution >= 0.6 is 0 Å². The number of likely N-dealkylation sites (tertiary alicyclic amines) is 1. The molecule has 0 spiro atoms. The summed E-state index contributed by atoms with van der Waals surface area (Å²) >= 11 is 0. The highest BCUT2D eigenvalue weighted by atomic mass is 16.5. The summed E-state index contributed by atoms with van der Waals surface area (Å²) in [6.45, 7) is 1.90. The van der Waals surface area contributed by atoms with Crippen LogP contribution < -0.4 is 10.5 Å². The Bertz CT molecular complexity index is 524. The quantitative estimate of drug-likeness (QED) is 0.806. The van der Waals surface area contributed by atoms with Crippen molar-refractivity contribution in [1.82, 2.24) is 4.90 Å². The summed E-state index contributed by atoms with van der Waals surface area (Å²) in [5.74, 6) is -0.532. The second-order valence-electron chi connectivity index (χ2n) is 5.10. The number of carboxylic acid groups (broad SMARTS) is 1. The van der Waals surface area contributed by atoms with E-state index in [1.165, 1.54) is 24.6 Å². The maximum atomic E-state index is 12.0. The van der Waals surface area contributed by atoms with Gasteiger partial charge in [0.2, 0.25) is 5.91 Å². The molecule has 114 valence electrons. The lowest BCUT2D eigenvalue weighted by atomic mass is 10.1. The van der Waals surface area contributed by atoms with E-state index in [1.54, 1.807) is 0 Å². The number of piperidine rings is 1. The molecule has 21 heavy (non-hydrogen) atoms. The molecule has 6 nitrogen and oxygen atoms in total. The first-order chi connectivity index (χ1) is 10.1. The number of nitrogens with zero attached hydrogens (tertiary/aromatic N) is 1. The third-order valence-electron chi connectivity index (χ3n) is 3.54. The molecule has 0 radical (unpaired) electrons. The fourth-order valence-electron chi connectivity index (χ4n) is 2.36. The molecule has 1 aliphatic heterocycles. The second-order valence-corrected chi connectivity index (χ2v) is 5.10. The first kappa shape index (κ1) is 15.2. The number of nitrogen functional groups attached to an aromatic ring is 1. The van der Waals surface area contributed by atoms with Gasteiger partial charge in [0.1, 0.15) is 5.75 Å². The molecule has 1 saturated heterocycles. The van der Waals surface area contributed by atoms with E-state index >= 15 is 0 Å². The minimum Gasteiger partial charge on any atom is -0.491 e. The maximum absolute atomic E-state index is 12.0. The van der Waals surface area contributed by atoms with Crippen LogP contribution in [0.4, 0.5) is 5.69 Å². The lowest BCUT2D eigenvalue weighted by Crippen LogP contribution is -2.36. The van der Waals surface area contributed by atoms with E-state index < -0.39 is 5.97 Å². The van der Waals surface area contributed by atoms with Gasteiger partial charge >= 0.3 is 5.97 Å². The zero-order chi connectivity index (χ0) is 15.2. The molecule has 0 atom stereocenters. The van der Waals surface area contributed by atoms with Crippen molar-refractivity contribution >= 4 is 17.6 Å². The summed E-state index contributed by atoms with van der Waals surface area (Å²) in [6.07, 6.45) is 3.62. The molecule has 0 aromatic heterocycles. The summed E-state index contributed by atoms with van der Waals surface area (Å²) in [7, 11) is 0. The molecule has 0 saturated carbocycles. The van der Waals surface area contributed by atoms with Gasteiger partial charge < -0.3 is 20.5 Å². The molecule has 1 heterocycles. The van der Waals surface area contributed by atoms with Crippen LogP contribution in [0.1, 0.15) is 36.0 Å². The van der Waals surface area contributed by atoms with Crippen LogP contribution in [-0.4, -0.2) is 41.6 Å². The van der Waals surface area contributed by atoms with Crippen molar-refractivity contribution < 1.29 is 19.4 Å². The van der Waals surface area contributed by atoms with Crippen LogP contribution in [0.25, 0.3) is 0 Å². The number of rotatable bonds is 5. The zero-order valence-electron chi connectivity index (χ0n) is 11.9. The largest absolute Gasteiger partial charge is 0.491 e. The van der Waals surface area contributed by atoms with E-state index in [0.29, 0.717) is 12.2 Å². The van der Waals surface area contributed by atoms with Gasteiger partial charge in [0.15, 0.2) is 0 Å². The standard InChI is InChI=1S/C15H20N2O4/c16-12-10-11(15(19)20)4-5-13(12)21-9-6-14(18)17-7-2-1-3-8-17/h4-5,10H,1-3,6-9,16H2,(H,19,20). The number of carboxylic acids is 1. The Morgan fingerprint density at radius 3 is 2.57 bits per heavy atom. The van der Waals surface area contributed by atoms with E-state index in [9.17, 15) is 9.59 Å². The Balaban J connectivity index is 1.83. The Morgan fingerprint density at radius 2 is 1.95 bits per heavy atom. The molecule has 6 heteroatoms. The summed E-state index contributed by atoms with van der Waals surface area (Å²) < 4.78 is 5.47. The van der Waals surface area contributed by atoms with Crippen molar-refractivity contribution in [3.8, 4) is 5.75 Å². The van der Waals surface area contributed by atoms with Gasteiger partial charge in [0.25, 0.3) is 0 Å². The topological polar surface area (TPSA) is 92.9 Å². The molecule has 1 aromatic carbocycles. The van der Waals surface area contributed by atoms with Crippen LogP contribution in [0, 0.1) is 0 Å². The van der Waals surface area contributed by atoms with E-state index in [2.05, 4.69) is 0 Å². The van der Waals surface area contributed by atoms with Crippen LogP contribution in [-0.2, 0) is 4.79 Å². The number of carbonyl (C=O) groups excluding carboxylic acids is 1. The van der Waals surface area contributed by atoms with Crippen molar-refractivity contribution in [3.05, 3.63) is 23.8 Å². The number of amides is 1. The summed E-state index contributed by atoms with van der Waals surface area (Å²) in [4.78, 5) is 24.6. The van der Waals surface area contributed by atoms with Crippen LogP contribution in [0.2, 0.25) is 0 Å². The molecule has 0 unspecified atom stereocenters. The van der Waals surface area contributed by atoms with Gasteiger partial charge in [-0.2, -0.15) is 0 Å². The van der Waals surface area contributed by atoms with Gasteiger partial charge in [0, 0.05) is 13.1 Å². The van der Waals surface area contributed by atoms with Gasteiger partial charge in [-0.25, -0.2) is 4.79 Å². The lowest BCUT2D eigenvalue weighted by molar-refractivity contribution is -0.132. The van der Waals surface area contributed by atoms with Gasteiger partial charge in [0.05, 0.1) is 24.3 Å². The number of hydrogen-bond acceptors (Lipinski definition) is 4. The van der Waals surface area contributed by atoms with Crippen molar-refractivity contribution in [2.45, 2.75) is 25.7 Å². The maximum Gasteiger partial charge on any atom is 0.335 e. The second kappa shape index (κ2) is 6.97. The minimum atomic E-state index is -1.03.